The number of rotatable bonds is 4. The third-order valence-corrected chi connectivity index (χ3v) is 4.75. The second-order valence-electron chi connectivity index (χ2n) is 5.65. The molecule has 0 bridgehead atoms. The van der Waals surface area contributed by atoms with Crippen LogP contribution >= 0.6 is 11.3 Å². The van der Waals surface area contributed by atoms with Crippen LogP contribution in [0.2, 0.25) is 0 Å². The number of amides is 1. The summed E-state index contributed by atoms with van der Waals surface area (Å²) >= 11 is 1.66. The summed E-state index contributed by atoms with van der Waals surface area (Å²) in [6, 6.07) is 8.26. The van der Waals surface area contributed by atoms with Crippen LogP contribution in [0.3, 0.4) is 0 Å². The van der Waals surface area contributed by atoms with Crippen molar-refractivity contribution in [1.82, 2.24) is 10.3 Å². The highest BCUT2D eigenvalue weighted by Crippen LogP contribution is 2.22. The maximum Gasteiger partial charge on any atom is 0.223 e. The molecule has 0 radical (unpaired) electrons. The maximum absolute atomic E-state index is 12.1. The zero-order valence-corrected chi connectivity index (χ0v) is 13.5. The summed E-state index contributed by atoms with van der Waals surface area (Å²) in [5.74, 6) is 0.311. The molecule has 2 aromatic rings. The Balaban J connectivity index is 1.57. The standard InChI is InChI=1S/C18H20N2OS/c1-13-20-17(12-22-13)15-9-7-14(8-10-15)11-19-18(21)16-5-3-2-4-6-16/h2-3,7-10,12,16H,4-6,11H2,1H3,(H,19,21)/t16-/m0/s1. The minimum absolute atomic E-state index is 0.141. The van der Waals surface area contributed by atoms with E-state index >= 15 is 0 Å². The van der Waals surface area contributed by atoms with Crippen molar-refractivity contribution < 1.29 is 4.79 Å². The van der Waals surface area contributed by atoms with Gasteiger partial charge in [-0.15, -0.1) is 11.3 Å². The summed E-state index contributed by atoms with van der Waals surface area (Å²) in [5, 5.41) is 6.19. The van der Waals surface area contributed by atoms with E-state index in [0.29, 0.717) is 6.54 Å². The van der Waals surface area contributed by atoms with Gasteiger partial charge < -0.3 is 5.32 Å². The molecule has 1 aliphatic rings. The quantitative estimate of drug-likeness (QED) is 0.864. The predicted molar refractivity (Wildman–Crippen MR) is 90.6 cm³/mol. The van der Waals surface area contributed by atoms with Gasteiger partial charge in [-0.3, -0.25) is 4.79 Å². The van der Waals surface area contributed by atoms with Gasteiger partial charge in [0, 0.05) is 23.4 Å². The van der Waals surface area contributed by atoms with E-state index in [9.17, 15) is 4.79 Å². The van der Waals surface area contributed by atoms with Crippen LogP contribution in [0.1, 0.15) is 29.8 Å². The number of nitrogens with zero attached hydrogens (tertiary/aromatic N) is 1. The Morgan fingerprint density at radius 3 is 2.77 bits per heavy atom. The Morgan fingerprint density at radius 1 is 1.32 bits per heavy atom. The Kier molecular flexibility index (Phi) is 4.68. The Bertz CT molecular complexity index is 673. The van der Waals surface area contributed by atoms with Gasteiger partial charge in [-0.2, -0.15) is 0 Å². The molecule has 3 nitrogen and oxygen atoms in total. The van der Waals surface area contributed by atoms with Crippen molar-refractivity contribution in [2.24, 2.45) is 5.92 Å². The van der Waals surface area contributed by atoms with Crippen LogP contribution in [0.15, 0.2) is 41.8 Å². The zero-order valence-electron chi connectivity index (χ0n) is 12.7. The summed E-state index contributed by atoms with van der Waals surface area (Å²) in [7, 11) is 0. The number of allylic oxidation sites excluding steroid dienone is 2. The van der Waals surface area contributed by atoms with Crippen LogP contribution < -0.4 is 5.32 Å². The van der Waals surface area contributed by atoms with E-state index in [1.54, 1.807) is 11.3 Å². The lowest BCUT2D eigenvalue weighted by Crippen LogP contribution is -2.30. The summed E-state index contributed by atoms with van der Waals surface area (Å²) in [5.41, 5.74) is 3.26. The smallest absolute Gasteiger partial charge is 0.223 e. The lowest BCUT2D eigenvalue weighted by atomic mass is 9.93. The van der Waals surface area contributed by atoms with Gasteiger partial charge in [0.15, 0.2) is 0 Å². The molecule has 0 spiro atoms. The Hall–Kier alpha value is -1.94. The van der Waals surface area contributed by atoms with Crippen LogP contribution in [0.5, 0.6) is 0 Å². The van der Waals surface area contributed by atoms with E-state index in [0.717, 1.165) is 41.1 Å². The molecule has 1 atom stereocenters. The fourth-order valence-electron chi connectivity index (χ4n) is 2.65. The highest BCUT2D eigenvalue weighted by molar-refractivity contribution is 7.09. The molecule has 1 aromatic heterocycles. The fraction of sp³-hybridized carbons (Fsp3) is 0.333. The molecule has 4 heteroatoms. The van der Waals surface area contributed by atoms with E-state index in [1.807, 2.05) is 6.92 Å². The molecule has 1 amide bonds. The maximum atomic E-state index is 12.1. The molecule has 0 fully saturated rings. The van der Waals surface area contributed by atoms with Crippen molar-refractivity contribution in [2.75, 3.05) is 0 Å². The molecule has 114 valence electrons. The number of carbonyl (C=O) groups excluding carboxylic acids is 1. The van der Waals surface area contributed by atoms with Gasteiger partial charge in [-0.05, 0) is 31.7 Å². The number of nitrogens with one attached hydrogen (secondary N) is 1. The van der Waals surface area contributed by atoms with Crippen LogP contribution in [0, 0.1) is 12.8 Å². The number of carbonyl (C=O) groups is 1. The summed E-state index contributed by atoms with van der Waals surface area (Å²) in [6.07, 6.45) is 7.11. The molecule has 1 heterocycles. The molecule has 1 aliphatic carbocycles. The molecular weight excluding hydrogens is 292 g/mol. The Labute approximate surface area is 135 Å². The van der Waals surface area contributed by atoms with E-state index in [4.69, 9.17) is 0 Å². The van der Waals surface area contributed by atoms with Gasteiger partial charge >= 0.3 is 0 Å². The van der Waals surface area contributed by atoms with E-state index < -0.39 is 0 Å². The van der Waals surface area contributed by atoms with Crippen molar-refractivity contribution in [3.8, 4) is 11.3 Å². The first-order valence-corrected chi connectivity index (χ1v) is 8.54. The minimum atomic E-state index is 0.141. The highest BCUT2D eigenvalue weighted by Gasteiger charge is 2.17. The normalized spacial score (nSPS) is 17.4. The van der Waals surface area contributed by atoms with E-state index in [1.165, 1.54) is 0 Å². The minimum Gasteiger partial charge on any atom is -0.352 e. The largest absolute Gasteiger partial charge is 0.352 e. The fourth-order valence-corrected chi connectivity index (χ4v) is 3.28. The van der Waals surface area contributed by atoms with Crippen LogP contribution in [-0.2, 0) is 11.3 Å². The van der Waals surface area contributed by atoms with Crippen molar-refractivity contribution in [2.45, 2.75) is 32.7 Å². The van der Waals surface area contributed by atoms with Gasteiger partial charge in [0.1, 0.15) is 0 Å². The van der Waals surface area contributed by atoms with E-state index in [2.05, 4.69) is 52.1 Å². The molecule has 1 N–H and O–H groups in total. The summed E-state index contributed by atoms with van der Waals surface area (Å²) in [6.45, 7) is 2.61. The van der Waals surface area contributed by atoms with Crippen LogP contribution in [-0.4, -0.2) is 10.9 Å². The molecule has 0 saturated heterocycles. The lowest BCUT2D eigenvalue weighted by molar-refractivity contribution is -0.125. The first kappa shape index (κ1) is 15.0. The van der Waals surface area contributed by atoms with Crippen molar-refractivity contribution in [1.29, 1.82) is 0 Å². The van der Waals surface area contributed by atoms with Crippen LogP contribution in [0.4, 0.5) is 0 Å². The van der Waals surface area contributed by atoms with Crippen molar-refractivity contribution in [3.05, 3.63) is 52.4 Å². The zero-order chi connectivity index (χ0) is 15.4. The van der Waals surface area contributed by atoms with Gasteiger partial charge in [0.2, 0.25) is 5.91 Å². The molecule has 0 unspecified atom stereocenters. The number of hydrogen-bond donors (Lipinski definition) is 1. The van der Waals surface area contributed by atoms with E-state index in [-0.39, 0.29) is 11.8 Å². The van der Waals surface area contributed by atoms with Crippen molar-refractivity contribution >= 4 is 17.2 Å². The molecular formula is C18H20N2OS. The number of aryl methyl sites for hydroxylation is 1. The molecule has 22 heavy (non-hydrogen) atoms. The average molecular weight is 312 g/mol. The van der Waals surface area contributed by atoms with Crippen LogP contribution in [0.25, 0.3) is 11.3 Å². The number of aromatic nitrogens is 1. The monoisotopic (exact) mass is 312 g/mol. The third kappa shape index (κ3) is 3.63. The SMILES string of the molecule is Cc1nc(-c2ccc(CNC(=O)[C@H]3CC=CCC3)cc2)cs1. The first-order chi connectivity index (χ1) is 10.7. The molecule has 0 aliphatic heterocycles. The highest BCUT2D eigenvalue weighted by atomic mass is 32.1. The van der Waals surface area contributed by atoms with Gasteiger partial charge in [-0.25, -0.2) is 4.98 Å². The number of benzene rings is 1. The number of thiazole rings is 1. The van der Waals surface area contributed by atoms with Gasteiger partial charge in [-0.1, -0.05) is 36.4 Å². The molecule has 1 aromatic carbocycles. The topological polar surface area (TPSA) is 42.0 Å². The second-order valence-corrected chi connectivity index (χ2v) is 6.71. The first-order valence-electron chi connectivity index (χ1n) is 7.66. The lowest BCUT2D eigenvalue weighted by Gasteiger charge is -2.17. The molecule has 0 saturated carbocycles. The van der Waals surface area contributed by atoms with Gasteiger partial charge in [0.25, 0.3) is 0 Å². The average Bonchev–Trinajstić information content (AvgIpc) is 3.00. The summed E-state index contributed by atoms with van der Waals surface area (Å²) < 4.78 is 0. The summed E-state index contributed by atoms with van der Waals surface area (Å²) in [4.78, 5) is 16.6. The predicted octanol–water partition coefficient (Wildman–Crippen LogP) is 4.09. The third-order valence-electron chi connectivity index (χ3n) is 3.98. The second kappa shape index (κ2) is 6.88. The van der Waals surface area contributed by atoms with Gasteiger partial charge in [0.05, 0.1) is 10.7 Å². The Morgan fingerprint density at radius 2 is 2.14 bits per heavy atom. The molecule has 3 rings (SSSR count). The van der Waals surface area contributed by atoms with Crippen molar-refractivity contribution in [3.63, 3.8) is 0 Å². The number of hydrogen-bond acceptors (Lipinski definition) is 3.